The van der Waals surface area contributed by atoms with E-state index in [1.54, 1.807) is 18.3 Å². The fourth-order valence-corrected chi connectivity index (χ4v) is 3.36. The molecule has 4 nitrogen and oxygen atoms in total. The summed E-state index contributed by atoms with van der Waals surface area (Å²) in [6.07, 6.45) is 5.65. The maximum absolute atomic E-state index is 12.4. The Labute approximate surface area is 147 Å². The molecule has 1 aromatic carbocycles. The summed E-state index contributed by atoms with van der Waals surface area (Å²) < 4.78 is 0. The van der Waals surface area contributed by atoms with E-state index < -0.39 is 0 Å². The Balaban J connectivity index is 1.51. The number of likely N-dealkylation sites (tertiary alicyclic amines) is 1. The normalized spacial score (nSPS) is 16.1. The fourth-order valence-electron chi connectivity index (χ4n) is 3.13. The van der Waals surface area contributed by atoms with Crippen LogP contribution in [0, 0.1) is 6.92 Å². The number of pyridine rings is 1. The van der Waals surface area contributed by atoms with Crippen LogP contribution in [-0.2, 0) is 6.54 Å². The van der Waals surface area contributed by atoms with Gasteiger partial charge in [-0.25, -0.2) is 0 Å². The Morgan fingerprint density at radius 1 is 1.33 bits per heavy atom. The summed E-state index contributed by atoms with van der Waals surface area (Å²) in [7, 11) is 0. The average molecular weight is 344 g/mol. The first-order chi connectivity index (χ1) is 11.6. The minimum atomic E-state index is -0.00474. The van der Waals surface area contributed by atoms with Crippen LogP contribution in [0.3, 0.4) is 0 Å². The molecule has 0 bridgehead atoms. The molecule has 0 saturated carbocycles. The second-order valence-corrected chi connectivity index (χ2v) is 6.78. The van der Waals surface area contributed by atoms with Gasteiger partial charge < -0.3 is 5.32 Å². The molecule has 1 aliphatic rings. The van der Waals surface area contributed by atoms with Crippen LogP contribution in [0.4, 0.5) is 0 Å². The molecule has 5 heteroatoms. The highest BCUT2D eigenvalue weighted by Gasteiger charge is 2.21. The summed E-state index contributed by atoms with van der Waals surface area (Å²) in [6, 6.07) is 9.69. The zero-order valence-electron chi connectivity index (χ0n) is 13.8. The minimum Gasteiger partial charge on any atom is -0.349 e. The molecule has 1 saturated heterocycles. The van der Waals surface area contributed by atoms with Gasteiger partial charge in [-0.05, 0) is 55.2 Å². The second kappa shape index (κ2) is 7.77. The van der Waals surface area contributed by atoms with Crippen molar-refractivity contribution in [3.8, 4) is 0 Å². The van der Waals surface area contributed by atoms with Gasteiger partial charge in [-0.1, -0.05) is 17.7 Å². The van der Waals surface area contributed by atoms with E-state index in [2.05, 4.69) is 21.3 Å². The number of halogens is 1. The number of hydrogen-bond acceptors (Lipinski definition) is 3. The quantitative estimate of drug-likeness (QED) is 0.925. The lowest BCUT2D eigenvalue weighted by molar-refractivity contribution is 0.0908. The fraction of sp³-hybridized carbons (Fsp3) is 0.368. The lowest BCUT2D eigenvalue weighted by Crippen LogP contribution is -2.44. The molecule has 126 valence electrons. The van der Waals surface area contributed by atoms with E-state index in [-0.39, 0.29) is 11.9 Å². The average Bonchev–Trinajstić information content (AvgIpc) is 2.57. The highest BCUT2D eigenvalue weighted by molar-refractivity contribution is 6.30. The van der Waals surface area contributed by atoms with Crippen LogP contribution in [0.1, 0.15) is 34.3 Å². The molecule has 0 aliphatic carbocycles. The van der Waals surface area contributed by atoms with Gasteiger partial charge in [-0.3, -0.25) is 14.7 Å². The Bertz CT molecular complexity index is 697. The van der Waals surface area contributed by atoms with Gasteiger partial charge in [0.05, 0.1) is 0 Å². The van der Waals surface area contributed by atoms with Gasteiger partial charge in [0.25, 0.3) is 5.91 Å². The summed E-state index contributed by atoms with van der Waals surface area (Å²) in [6.45, 7) is 4.81. The van der Waals surface area contributed by atoms with E-state index in [0.29, 0.717) is 10.6 Å². The van der Waals surface area contributed by atoms with Crippen molar-refractivity contribution in [2.45, 2.75) is 32.4 Å². The largest absolute Gasteiger partial charge is 0.349 e. The lowest BCUT2D eigenvalue weighted by Gasteiger charge is -2.32. The summed E-state index contributed by atoms with van der Waals surface area (Å²) >= 11 is 5.95. The van der Waals surface area contributed by atoms with Gasteiger partial charge in [-0.2, -0.15) is 0 Å². The molecular formula is C19H22ClN3O. The number of carbonyl (C=O) groups is 1. The third-order valence-corrected chi connectivity index (χ3v) is 4.72. The first-order valence-electron chi connectivity index (χ1n) is 8.30. The van der Waals surface area contributed by atoms with Crippen LogP contribution >= 0.6 is 11.6 Å². The monoisotopic (exact) mass is 343 g/mol. The van der Waals surface area contributed by atoms with Gasteiger partial charge in [0.15, 0.2) is 0 Å². The van der Waals surface area contributed by atoms with E-state index in [4.69, 9.17) is 11.6 Å². The summed E-state index contributed by atoms with van der Waals surface area (Å²) in [4.78, 5) is 19.0. The lowest BCUT2D eigenvalue weighted by atomic mass is 10.0. The Kier molecular flexibility index (Phi) is 5.48. The number of carbonyl (C=O) groups excluding carboxylic acids is 1. The first kappa shape index (κ1) is 16.9. The number of rotatable bonds is 4. The first-order valence-corrected chi connectivity index (χ1v) is 8.68. The summed E-state index contributed by atoms with van der Waals surface area (Å²) in [5.41, 5.74) is 2.85. The molecule has 24 heavy (non-hydrogen) atoms. The maximum atomic E-state index is 12.4. The number of aryl methyl sites for hydroxylation is 1. The van der Waals surface area contributed by atoms with Crippen molar-refractivity contribution >= 4 is 17.5 Å². The van der Waals surface area contributed by atoms with E-state index in [1.807, 2.05) is 25.3 Å². The molecular weight excluding hydrogens is 322 g/mol. The summed E-state index contributed by atoms with van der Waals surface area (Å²) in [5.74, 6) is -0.00474. The highest BCUT2D eigenvalue weighted by Crippen LogP contribution is 2.17. The Hall–Kier alpha value is -1.91. The molecule has 1 N–H and O–H groups in total. The minimum absolute atomic E-state index is 0.00474. The van der Waals surface area contributed by atoms with Gasteiger partial charge in [0.2, 0.25) is 0 Å². The van der Waals surface area contributed by atoms with Crippen LogP contribution < -0.4 is 5.32 Å². The maximum Gasteiger partial charge on any atom is 0.251 e. The van der Waals surface area contributed by atoms with Crippen LogP contribution in [-0.4, -0.2) is 34.9 Å². The molecule has 1 aromatic heterocycles. The highest BCUT2D eigenvalue weighted by atomic mass is 35.5. The molecule has 1 fully saturated rings. The van der Waals surface area contributed by atoms with E-state index >= 15 is 0 Å². The molecule has 1 amide bonds. The van der Waals surface area contributed by atoms with Gasteiger partial charge >= 0.3 is 0 Å². The van der Waals surface area contributed by atoms with E-state index in [0.717, 1.165) is 38.0 Å². The third-order valence-electron chi connectivity index (χ3n) is 4.48. The van der Waals surface area contributed by atoms with Crippen LogP contribution in [0.5, 0.6) is 0 Å². The Morgan fingerprint density at radius 3 is 2.79 bits per heavy atom. The number of aromatic nitrogens is 1. The topological polar surface area (TPSA) is 45.2 Å². The van der Waals surface area contributed by atoms with Crippen LogP contribution in [0.25, 0.3) is 0 Å². The SMILES string of the molecule is Cc1cc(Cl)ccc1C(=O)NC1CCN(Cc2cccnc2)CC1. The van der Waals surface area contributed by atoms with Gasteiger partial charge in [-0.15, -0.1) is 0 Å². The number of nitrogens with one attached hydrogen (secondary N) is 1. The van der Waals surface area contributed by atoms with Crippen LogP contribution in [0.15, 0.2) is 42.7 Å². The van der Waals surface area contributed by atoms with Crippen LogP contribution in [0.2, 0.25) is 5.02 Å². The van der Waals surface area contributed by atoms with Gasteiger partial charge in [0, 0.05) is 48.7 Å². The van der Waals surface area contributed by atoms with Gasteiger partial charge in [0.1, 0.15) is 0 Å². The predicted molar refractivity (Wildman–Crippen MR) is 96.2 cm³/mol. The molecule has 0 radical (unpaired) electrons. The van der Waals surface area contributed by atoms with Crippen molar-refractivity contribution in [2.24, 2.45) is 0 Å². The van der Waals surface area contributed by atoms with Crippen molar-refractivity contribution in [1.29, 1.82) is 0 Å². The van der Waals surface area contributed by atoms with E-state index in [1.165, 1.54) is 5.56 Å². The second-order valence-electron chi connectivity index (χ2n) is 6.34. The molecule has 2 aromatic rings. The standard InChI is InChI=1S/C19H22ClN3O/c1-14-11-16(20)4-5-18(14)19(24)22-17-6-9-23(10-7-17)13-15-3-2-8-21-12-15/h2-5,8,11-12,17H,6-7,9-10,13H2,1H3,(H,22,24). The number of piperidine rings is 1. The summed E-state index contributed by atoms with van der Waals surface area (Å²) in [5, 5.41) is 3.82. The number of nitrogens with zero attached hydrogens (tertiary/aromatic N) is 2. The molecule has 0 spiro atoms. The number of hydrogen-bond donors (Lipinski definition) is 1. The van der Waals surface area contributed by atoms with Crippen molar-refractivity contribution in [3.63, 3.8) is 0 Å². The van der Waals surface area contributed by atoms with Crippen molar-refractivity contribution < 1.29 is 4.79 Å². The Morgan fingerprint density at radius 2 is 2.12 bits per heavy atom. The molecule has 0 atom stereocenters. The molecule has 2 heterocycles. The van der Waals surface area contributed by atoms with Crippen molar-refractivity contribution in [2.75, 3.05) is 13.1 Å². The molecule has 3 rings (SSSR count). The molecule has 1 aliphatic heterocycles. The van der Waals surface area contributed by atoms with E-state index in [9.17, 15) is 4.79 Å². The zero-order chi connectivity index (χ0) is 16.9. The smallest absolute Gasteiger partial charge is 0.251 e. The third kappa shape index (κ3) is 4.34. The van der Waals surface area contributed by atoms with Crippen molar-refractivity contribution in [3.05, 3.63) is 64.4 Å². The molecule has 0 unspecified atom stereocenters. The number of amides is 1. The van der Waals surface area contributed by atoms with Crippen molar-refractivity contribution in [1.82, 2.24) is 15.2 Å². The predicted octanol–water partition coefficient (Wildman–Crippen LogP) is 3.44. The zero-order valence-corrected chi connectivity index (χ0v) is 14.6. The number of benzene rings is 1.